The van der Waals surface area contributed by atoms with Crippen LogP contribution in [-0.2, 0) is 16.1 Å². The van der Waals surface area contributed by atoms with Crippen LogP contribution in [0.1, 0.15) is 31.4 Å². The van der Waals surface area contributed by atoms with Crippen molar-refractivity contribution >= 4 is 5.97 Å². The summed E-state index contributed by atoms with van der Waals surface area (Å²) in [6, 6.07) is 0.464. The molecule has 1 fully saturated rings. The van der Waals surface area contributed by atoms with Gasteiger partial charge in [0.25, 0.3) is 0 Å². The van der Waals surface area contributed by atoms with Gasteiger partial charge in [0.15, 0.2) is 0 Å². The Labute approximate surface area is 107 Å². The molecule has 1 aromatic heterocycles. The fraction of sp³-hybridized carbons (Fsp3) is 0.615. The van der Waals surface area contributed by atoms with E-state index in [9.17, 15) is 4.79 Å². The molecule has 0 amide bonds. The van der Waals surface area contributed by atoms with Gasteiger partial charge < -0.3 is 4.74 Å². The van der Waals surface area contributed by atoms with Crippen LogP contribution in [0.2, 0.25) is 0 Å². The Balaban J connectivity index is 2.01. The molecule has 1 aliphatic rings. The highest BCUT2D eigenvalue weighted by Crippen LogP contribution is 2.24. The zero-order valence-corrected chi connectivity index (χ0v) is 10.7. The molecule has 1 aliphatic carbocycles. The zero-order valence-electron chi connectivity index (χ0n) is 10.7. The minimum Gasteiger partial charge on any atom is -0.468 e. The van der Waals surface area contributed by atoms with E-state index in [2.05, 4.69) is 14.9 Å². The van der Waals surface area contributed by atoms with Gasteiger partial charge in [0.05, 0.1) is 19.3 Å². The first-order valence-electron chi connectivity index (χ1n) is 6.35. The molecule has 98 valence electrons. The lowest BCUT2D eigenvalue weighted by atomic mass is 10.2. The van der Waals surface area contributed by atoms with Crippen LogP contribution in [0.5, 0.6) is 0 Å². The Kier molecular flexibility index (Phi) is 4.64. The third kappa shape index (κ3) is 3.50. The fourth-order valence-corrected chi connectivity index (χ4v) is 2.43. The highest BCUT2D eigenvalue weighted by atomic mass is 16.5. The van der Waals surface area contributed by atoms with Crippen molar-refractivity contribution in [3.8, 4) is 0 Å². The van der Waals surface area contributed by atoms with Gasteiger partial charge in [-0.2, -0.15) is 0 Å². The summed E-state index contributed by atoms with van der Waals surface area (Å²) < 4.78 is 4.76. The van der Waals surface area contributed by atoms with Crippen molar-refractivity contribution in [2.24, 2.45) is 0 Å². The molecule has 5 nitrogen and oxygen atoms in total. The minimum atomic E-state index is -0.189. The number of ether oxygens (including phenoxy) is 1. The second kappa shape index (κ2) is 6.44. The van der Waals surface area contributed by atoms with E-state index in [1.165, 1.54) is 20.0 Å². The maximum absolute atomic E-state index is 11.5. The third-order valence-electron chi connectivity index (χ3n) is 3.38. The predicted octanol–water partition coefficient (Wildman–Crippen LogP) is 1.39. The fourth-order valence-electron chi connectivity index (χ4n) is 2.43. The van der Waals surface area contributed by atoms with Gasteiger partial charge in [-0.15, -0.1) is 0 Å². The quantitative estimate of drug-likeness (QED) is 0.738. The van der Waals surface area contributed by atoms with Gasteiger partial charge in [-0.3, -0.25) is 19.7 Å². The zero-order chi connectivity index (χ0) is 12.8. The van der Waals surface area contributed by atoms with Crippen molar-refractivity contribution in [2.75, 3.05) is 13.7 Å². The molecule has 5 heteroatoms. The van der Waals surface area contributed by atoms with Gasteiger partial charge in [-0.05, 0) is 12.8 Å². The van der Waals surface area contributed by atoms with E-state index in [-0.39, 0.29) is 5.97 Å². The second-order valence-electron chi connectivity index (χ2n) is 4.62. The van der Waals surface area contributed by atoms with Gasteiger partial charge in [0.1, 0.15) is 0 Å². The molecule has 1 heterocycles. The molecule has 0 radical (unpaired) electrons. The molecule has 0 atom stereocenters. The number of hydrogen-bond acceptors (Lipinski definition) is 5. The number of carbonyl (C=O) groups excluding carboxylic acids is 1. The molecule has 0 unspecified atom stereocenters. The Hall–Kier alpha value is -1.49. The molecule has 0 saturated heterocycles. The molecule has 0 spiro atoms. The van der Waals surface area contributed by atoms with E-state index in [1.807, 2.05) is 0 Å². The third-order valence-corrected chi connectivity index (χ3v) is 3.38. The minimum absolute atomic E-state index is 0.189. The van der Waals surface area contributed by atoms with Crippen molar-refractivity contribution < 1.29 is 9.53 Å². The Bertz CT molecular complexity index is 377. The first-order chi connectivity index (χ1) is 8.79. The lowest BCUT2D eigenvalue weighted by Gasteiger charge is -2.27. The summed E-state index contributed by atoms with van der Waals surface area (Å²) in [5, 5.41) is 0. The van der Waals surface area contributed by atoms with Crippen LogP contribution in [0, 0.1) is 0 Å². The lowest BCUT2D eigenvalue weighted by Crippen LogP contribution is -2.37. The van der Waals surface area contributed by atoms with Gasteiger partial charge in [0.2, 0.25) is 0 Å². The number of hydrogen-bond donors (Lipinski definition) is 0. The topological polar surface area (TPSA) is 55.3 Å². The normalized spacial score (nSPS) is 16.1. The molecule has 18 heavy (non-hydrogen) atoms. The summed E-state index contributed by atoms with van der Waals surface area (Å²) in [5.74, 6) is -0.189. The lowest BCUT2D eigenvalue weighted by molar-refractivity contribution is -0.142. The van der Waals surface area contributed by atoms with Crippen molar-refractivity contribution in [2.45, 2.75) is 38.3 Å². The molecular formula is C13H19N3O2. The monoisotopic (exact) mass is 249 g/mol. The number of aromatic nitrogens is 2. The van der Waals surface area contributed by atoms with Gasteiger partial charge in [-0.25, -0.2) is 0 Å². The van der Waals surface area contributed by atoms with E-state index in [0.717, 1.165) is 18.5 Å². The highest BCUT2D eigenvalue weighted by molar-refractivity contribution is 5.71. The summed E-state index contributed by atoms with van der Waals surface area (Å²) >= 11 is 0. The number of methoxy groups -OCH3 is 1. The molecule has 0 aliphatic heterocycles. The maximum atomic E-state index is 11.5. The summed E-state index contributed by atoms with van der Waals surface area (Å²) in [5.41, 5.74) is 0.897. The van der Waals surface area contributed by atoms with E-state index >= 15 is 0 Å². The molecule has 0 aromatic carbocycles. The van der Waals surface area contributed by atoms with Crippen LogP contribution >= 0.6 is 0 Å². The smallest absolute Gasteiger partial charge is 0.319 e. The van der Waals surface area contributed by atoms with E-state index in [1.54, 1.807) is 18.6 Å². The first kappa shape index (κ1) is 13.0. The summed E-state index contributed by atoms with van der Waals surface area (Å²) in [7, 11) is 1.43. The summed E-state index contributed by atoms with van der Waals surface area (Å²) in [6.45, 7) is 0.991. The van der Waals surface area contributed by atoms with Crippen molar-refractivity contribution in [3.05, 3.63) is 24.3 Å². The van der Waals surface area contributed by atoms with Gasteiger partial charge >= 0.3 is 5.97 Å². The Morgan fingerprint density at radius 3 is 2.83 bits per heavy atom. The van der Waals surface area contributed by atoms with Gasteiger partial charge in [-0.1, -0.05) is 12.8 Å². The van der Waals surface area contributed by atoms with Crippen molar-refractivity contribution in [3.63, 3.8) is 0 Å². The molecule has 1 aromatic rings. The second-order valence-corrected chi connectivity index (χ2v) is 4.62. The van der Waals surface area contributed by atoms with Crippen LogP contribution in [0.25, 0.3) is 0 Å². The average molecular weight is 249 g/mol. The average Bonchev–Trinajstić information content (AvgIpc) is 2.93. The predicted molar refractivity (Wildman–Crippen MR) is 66.7 cm³/mol. The van der Waals surface area contributed by atoms with Crippen LogP contribution < -0.4 is 0 Å². The Morgan fingerprint density at radius 2 is 2.22 bits per heavy atom. The van der Waals surface area contributed by atoms with E-state index < -0.39 is 0 Å². The van der Waals surface area contributed by atoms with Crippen LogP contribution in [-0.4, -0.2) is 40.5 Å². The Morgan fingerprint density at radius 1 is 1.44 bits per heavy atom. The summed E-state index contributed by atoms with van der Waals surface area (Å²) in [6.07, 6.45) is 9.86. The van der Waals surface area contributed by atoms with Gasteiger partial charge in [0, 0.05) is 31.2 Å². The molecule has 0 N–H and O–H groups in total. The maximum Gasteiger partial charge on any atom is 0.319 e. The van der Waals surface area contributed by atoms with Crippen LogP contribution in [0.15, 0.2) is 18.6 Å². The van der Waals surface area contributed by atoms with Crippen LogP contribution in [0.4, 0.5) is 0 Å². The first-order valence-corrected chi connectivity index (χ1v) is 6.35. The molecular weight excluding hydrogens is 230 g/mol. The number of nitrogens with zero attached hydrogens (tertiary/aromatic N) is 3. The van der Waals surface area contributed by atoms with E-state index in [4.69, 9.17) is 4.74 Å². The number of rotatable bonds is 5. The molecule has 2 rings (SSSR count). The standard InChI is InChI=1S/C13H19N3O2/c1-18-13(17)10-16(12-4-2-3-5-12)9-11-8-14-6-7-15-11/h6-8,12H,2-5,9-10H2,1H3. The molecule has 1 saturated carbocycles. The summed E-state index contributed by atoms with van der Waals surface area (Å²) in [4.78, 5) is 21.9. The largest absolute Gasteiger partial charge is 0.468 e. The molecule has 0 bridgehead atoms. The highest BCUT2D eigenvalue weighted by Gasteiger charge is 2.25. The number of carbonyl (C=O) groups is 1. The number of esters is 1. The van der Waals surface area contributed by atoms with E-state index in [0.29, 0.717) is 19.1 Å². The SMILES string of the molecule is COC(=O)CN(Cc1cnccn1)C1CCCC1. The van der Waals surface area contributed by atoms with Crippen molar-refractivity contribution in [1.82, 2.24) is 14.9 Å². The van der Waals surface area contributed by atoms with Crippen LogP contribution in [0.3, 0.4) is 0 Å². The van der Waals surface area contributed by atoms with Crippen molar-refractivity contribution in [1.29, 1.82) is 0 Å².